The molecule has 1 aliphatic rings. The van der Waals surface area contributed by atoms with Gasteiger partial charge in [0.25, 0.3) is 0 Å². The topological polar surface area (TPSA) is 56.1 Å². The van der Waals surface area contributed by atoms with Crippen LogP contribution in [0.3, 0.4) is 0 Å². The molecule has 1 saturated heterocycles. The van der Waals surface area contributed by atoms with Crippen LogP contribution >= 0.6 is 11.5 Å². The van der Waals surface area contributed by atoms with Crippen LogP contribution in [-0.4, -0.2) is 38.9 Å². The van der Waals surface area contributed by atoms with E-state index in [1.165, 1.54) is 22.7 Å². The quantitative estimate of drug-likeness (QED) is 0.752. The van der Waals surface area contributed by atoms with Gasteiger partial charge in [0.2, 0.25) is 5.13 Å². The van der Waals surface area contributed by atoms with E-state index in [9.17, 15) is 0 Å². The molecule has 0 bridgehead atoms. The van der Waals surface area contributed by atoms with Crippen LogP contribution in [0.4, 0.5) is 5.13 Å². The third-order valence-electron chi connectivity index (χ3n) is 4.19. The monoisotopic (exact) mass is 347 g/mol. The molecule has 0 aliphatic carbocycles. The molecular weight excluding hydrogens is 322 g/mol. The first kappa shape index (κ1) is 17.1. The largest absolute Gasteiger partial charge is 0.381 e. The van der Waals surface area contributed by atoms with Gasteiger partial charge >= 0.3 is 0 Å². The second kappa shape index (κ2) is 7.44. The fourth-order valence-corrected chi connectivity index (χ4v) is 3.53. The van der Waals surface area contributed by atoms with E-state index >= 15 is 0 Å². The molecule has 2 aromatic heterocycles. The first-order valence-electron chi connectivity index (χ1n) is 8.31. The Labute approximate surface area is 147 Å². The van der Waals surface area contributed by atoms with Crippen molar-refractivity contribution in [2.24, 2.45) is 7.05 Å². The lowest BCUT2D eigenvalue weighted by atomic mass is 10.1. The number of ether oxygens (including phenoxy) is 1. The molecule has 1 atom stereocenters. The zero-order valence-corrected chi connectivity index (χ0v) is 15.6. The Balaban J connectivity index is 1.81. The van der Waals surface area contributed by atoms with E-state index in [-0.39, 0.29) is 0 Å². The zero-order valence-electron chi connectivity index (χ0n) is 14.8. The molecule has 6 nitrogen and oxygen atoms in total. The molecule has 0 spiro atoms. The van der Waals surface area contributed by atoms with Gasteiger partial charge in [-0.05, 0) is 27.2 Å². The van der Waals surface area contributed by atoms with E-state index in [1.807, 2.05) is 11.7 Å². The lowest BCUT2D eigenvalue weighted by molar-refractivity contribution is 0.193. The summed E-state index contributed by atoms with van der Waals surface area (Å²) in [7, 11) is 1.96. The highest BCUT2D eigenvalue weighted by Crippen LogP contribution is 2.28. The van der Waals surface area contributed by atoms with Crippen molar-refractivity contribution in [1.82, 2.24) is 19.1 Å². The SMILES string of the molecule is CC(C)=CCN(Cc1cn(C)nc1C)c1nc(C2CCOC2)ns1. The number of aromatic nitrogens is 4. The second-order valence-corrected chi connectivity index (χ2v) is 7.30. The van der Waals surface area contributed by atoms with Gasteiger partial charge in [0.15, 0.2) is 0 Å². The van der Waals surface area contributed by atoms with Gasteiger partial charge in [-0.1, -0.05) is 11.6 Å². The minimum atomic E-state index is 0.348. The van der Waals surface area contributed by atoms with Gasteiger partial charge in [-0.15, -0.1) is 0 Å². The van der Waals surface area contributed by atoms with Crippen LogP contribution in [-0.2, 0) is 18.3 Å². The molecule has 0 saturated carbocycles. The van der Waals surface area contributed by atoms with Crippen molar-refractivity contribution < 1.29 is 4.74 Å². The van der Waals surface area contributed by atoms with Crippen molar-refractivity contribution in [3.05, 3.63) is 34.9 Å². The number of allylic oxidation sites excluding steroid dienone is 1. The molecule has 130 valence electrons. The van der Waals surface area contributed by atoms with Crippen LogP contribution in [0.15, 0.2) is 17.8 Å². The van der Waals surface area contributed by atoms with E-state index in [0.717, 1.165) is 49.4 Å². The van der Waals surface area contributed by atoms with Crippen molar-refractivity contribution in [3.8, 4) is 0 Å². The molecule has 0 radical (unpaired) electrons. The van der Waals surface area contributed by atoms with Gasteiger partial charge in [-0.25, -0.2) is 4.98 Å². The summed E-state index contributed by atoms with van der Waals surface area (Å²) in [5.41, 5.74) is 3.59. The number of hydrogen-bond acceptors (Lipinski definition) is 6. The smallest absolute Gasteiger partial charge is 0.205 e. The summed E-state index contributed by atoms with van der Waals surface area (Å²) in [5.74, 6) is 1.28. The molecule has 0 N–H and O–H groups in total. The summed E-state index contributed by atoms with van der Waals surface area (Å²) < 4.78 is 11.9. The maximum Gasteiger partial charge on any atom is 0.205 e. The van der Waals surface area contributed by atoms with E-state index < -0.39 is 0 Å². The Morgan fingerprint density at radius 3 is 2.96 bits per heavy atom. The molecule has 3 rings (SSSR count). The predicted molar refractivity (Wildman–Crippen MR) is 96.5 cm³/mol. The summed E-state index contributed by atoms with van der Waals surface area (Å²) in [6, 6.07) is 0. The minimum absolute atomic E-state index is 0.348. The van der Waals surface area contributed by atoms with Crippen LogP contribution in [0.2, 0.25) is 0 Å². The summed E-state index contributed by atoms with van der Waals surface area (Å²) in [5, 5.41) is 5.42. The maximum absolute atomic E-state index is 5.46. The minimum Gasteiger partial charge on any atom is -0.381 e. The van der Waals surface area contributed by atoms with E-state index in [1.54, 1.807) is 0 Å². The van der Waals surface area contributed by atoms with Gasteiger partial charge < -0.3 is 9.64 Å². The lowest BCUT2D eigenvalue weighted by Crippen LogP contribution is -2.23. The second-order valence-electron chi connectivity index (χ2n) is 6.57. The first-order valence-corrected chi connectivity index (χ1v) is 9.09. The summed E-state index contributed by atoms with van der Waals surface area (Å²) in [6.45, 7) is 9.47. The van der Waals surface area contributed by atoms with E-state index in [2.05, 4.69) is 47.4 Å². The standard InChI is InChI=1S/C17H25N5OS/c1-12(2)5-7-22(10-15-9-21(4)19-13(15)3)17-18-16(20-24-17)14-6-8-23-11-14/h5,9,14H,6-8,10-11H2,1-4H3. The van der Waals surface area contributed by atoms with Crippen molar-refractivity contribution in [3.63, 3.8) is 0 Å². The fourth-order valence-electron chi connectivity index (χ4n) is 2.77. The number of hydrogen-bond donors (Lipinski definition) is 0. The molecule has 0 aromatic carbocycles. The number of nitrogens with zero attached hydrogens (tertiary/aromatic N) is 5. The maximum atomic E-state index is 5.46. The highest BCUT2D eigenvalue weighted by atomic mass is 32.1. The lowest BCUT2D eigenvalue weighted by Gasteiger charge is -2.19. The summed E-state index contributed by atoms with van der Waals surface area (Å²) in [4.78, 5) is 7.07. The Morgan fingerprint density at radius 2 is 2.33 bits per heavy atom. The van der Waals surface area contributed by atoms with E-state index in [0.29, 0.717) is 5.92 Å². The molecule has 0 amide bonds. The van der Waals surface area contributed by atoms with Crippen LogP contribution < -0.4 is 4.90 Å². The molecule has 1 unspecified atom stereocenters. The molecule has 7 heteroatoms. The van der Waals surface area contributed by atoms with Crippen LogP contribution in [0.1, 0.15) is 43.3 Å². The Bertz CT molecular complexity index is 710. The van der Waals surface area contributed by atoms with Gasteiger partial charge in [-0.2, -0.15) is 9.47 Å². The highest BCUT2D eigenvalue weighted by Gasteiger charge is 2.23. The number of rotatable bonds is 6. The van der Waals surface area contributed by atoms with Gasteiger partial charge in [-0.3, -0.25) is 4.68 Å². The van der Waals surface area contributed by atoms with Crippen LogP contribution in [0, 0.1) is 6.92 Å². The molecule has 1 fully saturated rings. The Hall–Kier alpha value is -1.73. The van der Waals surface area contributed by atoms with Crippen molar-refractivity contribution in [1.29, 1.82) is 0 Å². The zero-order chi connectivity index (χ0) is 17.1. The first-order chi connectivity index (χ1) is 11.5. The normalized spacial score (nSPS) is 17.2. The average molecular weight is 347 g/mol. The van der Waals surface area contributed by atoms with E-state index in [4.69, 9.17) is 9.72 Å². The van der Waals surface area contributed by atoms with Crippen LogP contribution in [0.5, 0.6) is 0 Å². The Morgan fingerprint density at radius 1 is 1.50 bits per heavy atom. The van der Waals surface area contributed by atoms with Gasteiger partial charge in [0.1, 0.15) is 5.82 Å². The van der Waals surface area contributed by atoms with Crippen molar-refractivity contribution in [2.75, 3.05) is 24.7 Å². The van der Waals surface area contributed by atoms with Gasteiger partial charge in [0, 0.05) is 56.0 Å². The molecule has 1 aliphatic heterocycles. The summed E-state index contributed by atoms with van der Waals surface area (Å²) >= 11 is 1.48. The third-order valence-corrected chi connectivity index (χ3v) is 4.98. The molecule has 3 heterocycles. The molecular formula is C17H25N5OS. The van der Waals surface area contributed by atoms with Crippen LogP contribution in [0.25, 0.3) is 0 Å². The predicted octanol–water partition coefficient (Wildman–Crippen LogP) is 3.06. The Kier molecular flexibility index (Phi) is 5.30. The number of anilines is 1. The fraction of sp³-hybridized carbons (Fsp3) is 0.588. The summed E-state index contributed by atoms with van der Waals surface area (Å²) in [6.07, 6.45) is 5.33. The van der Waals surface area contributed by atoms with Crippen molar-refractivity contribution >= 4 is 16.7 Å². The van der Waals surface area contributed by atoms with Crippen molar-refractivity contribution in [2.45, 2.75) is 39.7 Å². The number of aryl methyl sites for hydroxylation is 2. The highest BCUT2D eigenvalue weighted by molar-refractivity contribution is 7.09. The van der Waals surface area contributed by atoms with Gasteiger partial charge in [0.05, 0.1) is 12.3 Å². The average Bonchev–Trinajstić information content (AvgIpc) is 3.24. The third kappa shape index (κ3) is 4.02. The molecule has 2 aromatic rings. The molecule has 24 heavy (non-hydrogen) atoms.